The van der Waals surface area contributed by atoms with Gasteiger partial charge in [-0.1, -0.05) is 85.7 Å². The first-order valence-corrected chi connectivity index (χ1v) is 23.2. The van der Waals surface area contributed by atoms with Crippen molar-refractivity contribution in [3.8, 4) is 0 Å². The Morgan fingerprint density at radius 1 is 0.463 bits per heavy atom. The molecule has 0 heterocycles. The third kappa shape index (κ3) is 15.3. The van der Waals surface area contributed by atoms with Crippen molar-refractivity contribution in [1.82, 2.24) is 31.9 Å². The number of benzene rings is 4. The highest BCUT2D eigenvalue weighted by Crippen LogP contribution is 2.37. The Hall–Kier alpha value is -5.45. The maximum Gasteiger partial charge on any atom is 0.251 e. The third-order valence-corrected chi connectivity index (χ3v) is 13.0. The molecule has 9 nitrogen and oxygen atoms in total. The van der Waals surface area contributed by atoms with Gasteiger partial charge in [0.05, 0.1) is 0 Å². The van der Waals surface area contributed by atoms with E-state index >= 15 is 0 Å². The molecular weight excluding hydrogens is 922 g/mol. The summed E-state index contributed by atoms with van der Waals surface area (Å²) in [5.74, 6) is -0.531. The van der Waals surface area contributed by atoms with Crippen molar-refractivity contribution in [3.05, 3.63) is 173 Å². The lowest BCUT2D eigenvalue weighted by atomic mass is 9.90. The highest BCUT2D eigenvalue weighted by molar-refractivity contribution is 6.33. The van der Waals surface area contributed by atoms with Crippen molar-refractivity contribution in [2.75, 3.05) is 42.3 Å². The van der Waals surface area contributed by atoms with Gasteiger partial charge in [0.25, 0.3) is 11.8 Å². The Kier molecular flexibility index (Phi) is 23.6. The van der Waals surface area contributed by atoms with E-state index in [1.165, 1.54) is 0 Å². The van der Waals surface area contributed by atoms with E-state index in [4.69, 9.17) is 46.4 Å². The van der Waals surface area contributed by atoms with Gasteiger partial charge in [0, 0.05) is 108 Å². The molecule has 67 heavy (non-hydrogen) atoms. The van der Waals surface area contributed by atoms with Gasteiger partial charge in [0.2, 0.25) is 5.91 Å². The zero-order valence-electron chi connectivity index (χ0n) is 39.9. The standard InChI is InChI=1S/C28H35Cl2N3.C25H29Cl2N3O3.CH4/c1-17(31-6)11-9-10-12-24(22-13-25(20(4)32-7)18(2)27(29)15-22)23-14-26(21(5)33-8)19(3)28(30)16-23;1-14-19(24(32)29-4)10-16(12-21(14)26)18(8-6-7-9-23(31)28-3)17-11-20(25(33)30-5)15(2)22(27)13-17;/h12-16,31-33H,1,4-5,9-11H2,2-3,6-8H3;8,10-13H,6-7,9H2,1-5H3,(H,28,31)(H,29,32)(H,30,33);1H4. The van der Waals surface area contributed by atoms with Gasteiger partial charge in [0.1, 0.15) is 0 Å². The number of carbonyl (C=O) groups excluding carboxylic acids is 3. The quantitative estimate of drug-likeness (QED) is 0.0520. The number of halogens is 4. The zero-order chi connectivity index (χ0) is 49.4. The maximum atomic E-state index is 12.4. The van der Waals surface area contributed by atoms with E-state index in [9.17, 15) is 14.4 Å². The van der Waals surface area contributed by atoms with Gasteiger partial charge in [-0.2, -0.15) is 0 Å². The van der Waals surface area contributed by atoms with Gasteiger partial charge in [-0.05, 0) is 164 Å². The SMILES string of the molecule is C.C=C(CCCC=C(c1cc(Cl)c(C)c(C(=C)NC)c1)c1cc(Cl)c(C)c(C(=C)NC)c1)NC.CNC(=O)CCCC=C(c1cc(Cl)c(C)c(C(=O)NC)c1)c1cc(Cl)c(C)c(C(=O)NC)c1. The van der Waals surface area contributed by atoms with Crippen molar-refractivity contribution >= 4 is 86.7 Å². The Balaban J connectivity index is 0.000000453. The first kappa shape index (κ1) is 57.7. The average molecular weight is 991 g/mol. The summed E-state index contributed by atoms with van der Waals surface area (Å²) in [7, 11) is 10.4. The van der Waals surface area contributed by atoms with Gasteiger partial charge in [-0.15, -0.1) is 0 Å². The monoisotopic (exact) mass is 988 g/mol. The topological polar surface area (TPSA) is 123 Å². The van der Waals surface area contributed by atoms with E-state index in [1.807, 2.05) is 53.2 Å². The van der Waals surface area contributed by atoms with Crippen LogP contribution in [0.15, 0.2) is 86.1 Å². The summed E-state index contributed by atoms with van der Waals surface area (Å²) in [5.41, 5.74) is 14.2. The van der Waals surface area contributed by atoms with Crippen LogP contribution >= 0.6 is 46.4 Å². The molecule has 0 fully saturated rings. The summed E-state index contributed by atoms with van der Waals surface area (Å²) >= 11 is 26.3. The Morgan fingerprint density at radius 2 is 0.776 bits per heavy atom. The van der Waals surface area contributed by atoms with Crippen molar-refractivity contribution in [2.24, 2.45) is 0 Å². The van der Waals surface area contributed by atoms with E-state index in [0.29, 0.717) is 72.7 Å². The molecule has 0 aliphatic rings. The van der Waals surface area contributed by atoms with Gasteiger partial charge >= 0.3 is 0 Å². The fourth-order valence-electron chi connectivity index (χ4n) is 7.10. The fraction of sp³-hybridized carbons (Fsp3) is 0.315. The molecule has 4 aromatic carbocycles. The van der Waals surface area contributed by atoms with Crippen LogP contribution in [0.3, 0.4) is 0 Å². The van der Waals surface area contributed by atoms with E-state index < -0.39 is 0 Å². The Labute approximate surface area is 419 Å². The number of hydrogen-bond acceptors (Lipinski definition) is 6. The number of rotatable bonds is 19. The normalized spacial score (nSPS) is 10.2. The molecule has 0 bridgehead atoms. The van der Waals surface area contributed by atoms with Crippen LogP contribution in [0.5, 0.6) is 0 Å². The minimum Gasteiger partial charge on any atom is -0.392 e. The molecule has 0 aliphatic heterocycles. The van der Waals surface area contributed by atoms with E-state index in [1.54, 1.807) is 59.3 Å². The molecule has 0 aliphatic carbocycles. The second-order valence-electron chi connectivity index (χ2n) is 15.7. The number of carbonyl (C=O) groups is 3. The summed E-state index contributed by atoms with van der Waals surface area (Å²) < 4.78 is 0. The molecule has 360 valence electrons. The predicted octanol–water partition coefficient (Wildman–Crippen LogP) is 12.6. The Morgan fingerprint density at radius 3 is 1.07 bits per heavy atom. The zero-order valence-corrected chi connectivity index (χ0v) is 42.9. The van der Waals surface area contributed by atoms with Gasteiger partial charge in [0.15, 0.2) is 0 Å². The second kappa shape index (κ2) is 27.4. The van der Waals surface area contributed by atoms with Crippen LogP contribution in [0, 0.1) is 27.7 Å². The molecule has 13 heteroatoms. The van der Waals surface area contributed by atoms with E-state index in [2.05, 4.69) is 69.8 Å². The van der Waals surface area contributed by atoms with Crippen molar-refractivity contribution < 1.29 is 14.4 Å². The molecule has 0 spiro atoms. The Bertz CT molecular complexity index is 2240. The van der Waals surface area contributed by atoms with Gasteiger partial charge in [-0.3, -0.25) is 14.4 Å². The number of unbranched alkanes of at least 4 members (excludes halogenated alkanes) is 2. The van der Waals surface area contributed by atoms with Crippen LogP contribution in [0.2, 0.25) is 20.1 Å². The average Bonchev–Trinajstić information content (AvgIpc) is 3.31. The van der Waals surface area contributed by atoms with Crippen LogP contribution < -0.4 is 31.9 Å². The summed E-state index contributed by atoms with van der Waals surface area (Å²) in [5, 5.41) is 19.6. The summed E-state index contributed by atoms with van der Waals surface area (Å²) in [6.45, 7) is 19.9. The molecule has 0 saturated heterocycles. The molecule has 4 aromatic rings. The van der Waals surface area contributed by atoms with Crippen LogP contribution in [0.4, 0.5) is 0 Å². The van der Waals surface area contributed by atoms with Crippen LogP contribution in [0.25, 0.3) is 22.5 Å². The van der Waals surface area contributed by atoms with Crippen molar-refractivity contribution in [3.63, 3.8) is 0 Å². The van der Waals surface area contributed by atoms with Crippen molar-refractivity contribution in [1.29, 1.82) is 0 Å². The molecule has 0 saturated carbocycles. The van der Waals surface area contributed by atoms with Gasteiger partial charge in [-0.25, -0.2) is 0 Å². The van der Waals surface area contributed by atoms with E-state index in [-0.39, 0.29) is 25.1 Å². The first-order valence-electron chi connectivity index (χ1n) is 21.6. The van der Waals surface area contributed by atoms with E-state index in [0.717, 1.165) is 80.9 Å². The lowest BCUT2D eigenvalue weighted by Gasteiger charge is -2.18. The molecule has 0 unspecified atom stereocenters. The lowest BCUT2D eigenvalue weighted by molar-refractivity contribution is -0.120. The van der Waals surface area contributed by atoms with Crippen LogP contribution in [-0.4, -0.2) is 60.0 Å². The summed E-state index contributed by atoms with van der Waals surface area (Å²) in [6, 6.07) is 15.4. The van der Waals surface area contributed by atoms with Crippen molar-refractivity contribution in [2.45, 2.75) is 73.6 Å². The predicted molar refractivity (Wildman–Crippen MR) is 289 cm³/mol. The fourth-order valence-corrected chi connectivity index (χ4v) is 7.98. The first-order chi connectivity index (χ1) is 31.3. The molecular formula is C54H68Cl4N6O3. The highest BCUT2D eigenvalue weighted by atomic mass is 35.5. The highest BCUT2D eigenvalue weighted by Gasteiger charge is 2.20. The summed E-state index contributed by atoms with van der Waals surface area (Å²) in [4.78, 5) is 36.5. The van der Waals surface area contributed by atoms with Crippen LogP contribution in [-0.2, 0) is 4.79 Å². The largest absolute Gasteiger partial charge is 0.392 e. The third-order valence-electron chi connectivity index (χ3n) is 11.4. The molecule has 6 N–H and O–H groups in total. The minimum absolute atomic E-state index is 0. The maximum absolute atomic E-state index is 12.4. The smallest absolute Gasteiger partial charge is 0.251 e. The summed E-state index contributed by atoms with van der Waals surface area (Å²) in [6.07, 6.45) is 8.63. The lowest BCUT2D eigenvalue weighted by Crippen LogP contribution is -2.20. The molecule has 3 amide bonds. The number of allylic oxidation sites excluding steroid dienone is 3. The second-order valence-corrected chi connectivity index (χ2v) is 17.3. The molecule has 0 aromatic heterocycles. The molecule has 0 radical (unpaired) electrons. The molecule has 4 rings (SSSR count). The number of nitrogens with one attached hydrogen (secondary N) is 6. The molecule has 0 atom stereocenters. The number of amides is 3. The van der Waals surface area contributed by atoms with Gasteiger partial charge < -0.3 is 31.9 Å². The van der Waals surface area contributed by atoms with Crippen LogP contribution in [0.1, 0.15) is 122 Å². The number of hydrogen-bond donors (Lipinski definition) is 6. The minimum atomic E-state index is -0.247.